The van der Waals surface area contributed by atoms with E-state index in [1.807, 2.05) is 25.2 Å². The molecular formula is C19H28IN3O2. The number of hydrogen-bond donors (Lipinski definition) is 1. The fourth-order valence-corrected chi connectivity index (χ4v) is 2.87. The van der Waals surface area contributed by atoms with Crippen LogP contribution in [0.15, 0.2) is 23.2 Å². The van der Waals surface area contributed by atoms with Gasteiger partial charge in [-0.2, -0.15) is 0 Å². The molecule has 0 radical (unpaired) electrons. The van der Waals surface area contributed by atoms with Crippen LogP contribution in [0.3, 0.4) is 0 Å². The molecule has 1 aliphatic rings. The Hall–Kier alpha value is -1.62. The van der Waals surface area contributed by atoms with Crippen molar-refractivity contribution in [1.82, 2.24) is 10.2 Å². The zero-order valence-electron chi connectivity index (χ0n) is 15.5. The minimum atomic E-state index is 0. The molecular weight excluding hydrogens is 429 g/mol. The van der Waals surface area contributed by atoms with Crippen LogP contribution in [0.1, 0.15) is 25.8 Å². The summed E-state index contributed by atoms with van der Waals surface area (Å²) in [4.78, 5) is 6.71. The van der Waals surface area contributed by atoms with Gasteiger partial charge in [0.25, 0.3) is 0 Å². The van der Waals surface area contributed by atoms with Crippen LogP contribution in [0.2, 0.25) is 0 Å². The van der Waals surface area contributed by atoms with Gasteiger partial charge in [0, 0.05) is 26.7 Å². The van der Waals surface area contributed by atoms with E-state index in [1.165, 1.54) is 6.42 Å². The molecule has 0 atom stereocenters. The standard InChI is InChI=1S/C19H27N3O2.HI/c1-6-11-24-17-12-15(7-8-16(17)23-5)13-21-18(20-4)22-10-9-19(2,3)14-22;/h1,7-8,12H,9-11,13-14H2,2-5H3,(H,20,21);1H. The van der Waals surface area contributed by atoms with Crippen molar-refractivity contribution in [3.8, 4) is 23.8 Å². The summed E-state index contributed by atoms with van der Waals surface area (Å²) in [6.07, 6.45) is 6.45. The average Bonchev–Trinajstić information content (AvgIpc) is 2.93. The molecule has 1 N–H and O–H groups in total. The number of halogens is 1. The maximum Gasteiger partial charge on any atom is 0.193 e. The van der Waals surface area contributed by atoms with Gasteiger partial charge in [0.15, 0.2) is 17.5 Å². The highest BCUT2D eigenvalue weighted by Gasteiger charge is 2.30. The van der Waals surface area contributed by atoms with Gasteiger partial charge in [0.1, 0.15) is 6.61 Å². The number of rotatable bonds is 5. The number of guanidine groups is 1. The van der Waals surface area contributed by atoms with Crippen molar-refractivity contribution < 1.29 is 9.47 Å². The third-order valence-electron chi connectivity index (χ3n) is 4.18. The Bertz CT molecular complexity index is 638. The van der Waals surface area contributed by atoms with Crippen molar-refractivity contribution in [2.75, 3.05) is 33.9 Å². The molecule has 1 saturated heterocycles. The number of aliphatic imine (C=N–C) groups is 1. The first kappa shape index (κ1) is 21.4. The highest BCUT2D eigenvalue weighted by atomic mass is 127. The molecule has 0 saturated carbocycles. The third kappa shape index (κ3) is 5.99. The first-order valence-electron chi connectivity index (χ1n) is 8.18. The lowest BCUT2D eigenvalue weighted by Gasteiger charge is -2.23. The normalized spacial score (nSPS) is 16.0. The summed E-state index contributed by atoms with van der Waals surface area (Å²) in [5.41, 5.74) is 1.43. The summed E-state index contributed by atoms with van der Waals surface area (Å²) < 4.78 is 10.9. The average molecular weight is 457 g/mol. The maximum absolute atomic E-state index is 5.55. The minimum absolute atomic E-state index is 0. The Kier molecular flexibility index (Phi) is 8.36. The van der Waals surface area contributed by atoms with E-state index in [4.69, 9.17) is 15.9 Å². The van der Waals surface area contributed by atoms with E-state index in [0.717, 1.165) is 24.6 Å². The number of hydrogen-bond acceptors (Lipinski definition) is 3. The Labute approximate surface area is 168 Å². The van der Waals surface area contributed by atoms with Crippen LogP contribution in [0.4, 0.5) is 0 Å². The molecule has 0 amide bonds. The topological polar surface area (TPSA) is 46.1 Å². The molecule has 1 aromatic carbocycles. The van der Waals surface area contributed by atoms with Crippen molar-refractivity contribution in [3.63, 3.8) is 0 Å². The fraction of sp³-hybridized carbons (Fsp3) is 0.526. The Morgan fingerprint density at radius 2 is 2.16 bits per heavy atom. The number of methoxy groups -OCH3 is 1. The van der Waals surface area contributed by atoms with Crippen LogP contribution in [0.25, 0.3) is 0 Å². The Morgan fingerprint density at radius 1 is 1.40 bits per heavy atom. The summed E-state index contributed by atoms with van der Waals surface area (Å²) >= 11 is 0. The smallest absolute Gasteiger partial charge is 0.193 e. The van der Waals surface area contributed by atoms with Crippen LogP contribution in [0.5, 0.6) is 11.5 Å². The summed E-state index contributed by atoms with van der Waals surface area (Å²) in [7, 11) is 3.44. The number of terminal acetylenes is 1. The largest absolute Gasteiger partial charge is 0.493 e. The van der Waals surface area contributed by atoms with E-state index in [9.17, 15) is 0 Å². The molecule has 1 aliphatic heterocycles. The first-order valence-corrected chi connectivity index (χ1v) is 8.18. The monoisotopic (exact) mass is 457 g/mol. The SMILES string of the molecule is C#CCOc1cc(CNC(=NC)N2CCC(C)(C)C2)ccc1OC.I. The van der Waals surface area contributed by atoms with Gasteiger partial charge in [-0.15, -0.1) is 30.4 Å². The molecule has 0 unspecified atom stereocenters. The van der Waals surface area contributed by atoms with Crippen molar-refractivity contribution >= 4 is 29.9 Å². The molecule has 138 valence electrons. The lowest BCUT2D eigenvalue weighted by molar-refractivity contribution is 0.330. The number of nitrogens with one attached hydrogen (secondary N) is 1. The van der Waals surface area contributed by atoms with Gasteiger partial charge < -0.3 is 19.7 Å². The molecule has 1 aromatic rings. The second kappa shape index (κ2) is 9.76. The molecule has 25 heavy (non-hydrogen) atoms. The van der Waals surface area contributed by atoms with Gasteiger partial charge in [-0.25, -0.2) is 0 Å². The molecule has 6 heteroatoms. The van der Waals surface area contributed by atoms with Gasteiger partial charge in [-0.3, -0.25) is 4.99 Å². The number of benzene rings is 1. The van der Waals surface area contributed by atoms with Crippen molar-refractivity contribution in [3.05, 3.63) is 23.8 Å². The quantitative estimate of drug-likeness (QED) is 0.320. The molecule has 0 spiro atoms. The van der Waals surface area contributed by atoms with Crippen LogP contribution in [-0.2, 0) is 6.54 Å². The number of likely N-dealkylation sites (tertiary alicyclic amines) is 1. The van der Waals surface area contributed by atoms with Crippen LogP contribution >= 0.6 is 24.0 Å². The molecule has 0 aromatic heterocycles. The van der Waals surface area contributed by atoms with Gasteiger partial charge in [-0.05, 0) is 29.5 Å². The van der Waals surface area contributed by atoms with E-state index in [0.29, 0.717) is 23.5 Å². The molecule has 2 rings (SSSR count). The first-order chi connectivity index (χ1) is 11.5. The molecule has 1 fully saturated rings. The highest BCUT2D eigenvalue weighted by molar-refractivity contribution is 14.0. The molecule has 5 nitrogen and oxygen atoms in total. The predicted octanol–water partition coefficient (Wildman–Crippen LogP) is 3.13. The Balaban J connectivity index is 0.00000312. The van der Waals surface area contributed by atoms with Crippen LogP contribution in [-0.4, -0.2) is 44.7 Å². The minimum Gasteiger partial charge on any atom is -0.493 e. The van der Waals surface area contributed by atoms with Gasteiger partial charge in [0.05, 0.1) is 7.11 Å². The van der Waals surface area contributed by atoms with E-state index >= 15 is 0 Å². The van der Waals surface area contributed by atoms with E-state index in [1.54, 1.807) is 7.11 Å². The molecule has 0 bridgehead atoms. The number of ether oxygens (including phenoxy) is 2. The summed E-state index contributed by atoms with van der Waals surface area (Å²) in [6, 6.07) is 5.85. The highest BCUT2D eigenvalue weighted by Crippen LogP contribution is 2.29. The van der Waals surface area contributed by atoms with Gasteiger partial charge in [0.2, 0.25) is 0 Å². The Morgan fingerprint density at radius 3 is 2.72 bits per heavy atom. The molecule has 1 heterocycles. The van der Waals surface area contributed by atoms with Crippen LogP contribution < -0.4 is 14.8 Å². The van der Waals surface area contributed by atoms with Crippen molar-refractivity contribution in [2.24, 2.45) is 10.4 Å². The van der Waals surface area contributed by atoms with E-state index < -0.39 is 0 Å². The van der Waals surface area contributed by atoms with Crippen LogP contribution in [0, 0.1) is 17.8 Å². The zero-order valence-corrected chi connectivity index (χ0v) is 17.8. The molecule has 0 aliphatic carbocycles. The fourth-order valence-electron chi connectivity index (χ4n) is 2.87. The zero-order chi connectivity index (χ0) is 17.6. The van der Waals surface area contributed by atoms with Crippen molar-refractivity contribution in [1.29, 1.82) is 0 Å². The number of nitrogens with zero attached hydrogens (tertiary/aromatic N) is 2. The second-order valence-electron chi connectivity index (χ2n) is 6.71. The summed E-state index contributed by atoms with van der Waals surface area (Å²) in [6.45, 7) is 7.52. The third-order valence-corrected chi connectivity index (χ3v) is 4.18. The van der Waals surface area contributed by atoms with Crippen molar-refractivity contribution in [2.45, 2.75) is 26.8 Å². The second-order valence-corrected chi connectivity index (χ2v) is 6.71. The maximum atomic E-state index is 5.55. The lowest BCUT2D eigenvalue weighted by atomic mass is 9.93. The summed E-state index contributed by atoms with van der Waals surface area (Å²) in [5, 5.41) is 3.43. The van der Waals surface area contributed by atoms with Gasteiger partial charge in [-0.1, -0.05) is 25.8 Å². The lowest BCUT2D eigenvalue weighted by Crippen LogP contribution is -2.40. The van der Waals surface area contributed by atoms with Gasteiger partial charge >= 0.3 is 0 Å². The van der Waals surface area contributed by atoms with E-state index in [-0.39, 0.29) is 30.6 Å². The predicted molar refractivity (Wildman–Crippen MR) is 113 cm³/mol. The van der Waals surface area contributed by atoms with E-state index in [2.05, 4.69) is 35.0 Å². The summed E-state index contributed by atoms with van der Waals surface area (Å²) in [5.74, 6) is 4.74.